The molecular formula is C23H31F6N5O4. The van der Waals surface area contributed by atoms with Crippen LogP contribution in [-0.2, 0) is 29.6 Å². The maximum Gasteiger partial charge on any atom is 0.490 e. The minimum Gasteiger partial charge on any atom is -0.475 e. The molecular weight excluding hydrogens is 524 g/mol. The molecule has 0 aliphatic carbocycles. The zero-order chi connectivity index (χ0) is 29.3. The van der Waals surface area contributed by atoms with Crippen molar-refractivity contribution in [1.29, 1.82) is 0 Å². The molecule has 2 aromatic heterocycles. The molecule has 15 heteroatoms. The molecule has 1 fully saturated rings. The summed E-state index contributed by atoms with van der Waals surface area (Å²) in [5.41, 5.74) is 2.47. The van der Waals surface area contributed by atoms with Crippen LogP contribution in [0.1, 0.15) is 31.5 Å². The first-order valence-corrected chi connectivity index (χ1v) is 11.4. The minimum atomic E-state index is -5.08. The van der Waals surface area contributed by atoms with E-state index in [9.17, 15) is 26.3 Å². The van der Waals surface area contributed by atoms with Gasteiger partial charge in [0.1, 0.15) is 0 Å². The Labute approximate surface area is 215 Å². The summed E-state index contributed by atoms with van der Waals surface area (Å²) in [5, 5.41) is 18.6. The van der Waals surface area contributed by atoms with Crippen LogP contribution in [-0.4, -0.2) is 90.8 Å². The lowest BCUT2D eigenvalue weighted by atomic mass is 10.00. The fraction of sp³-hybridized carbons (Fsp3) is 0.565. The monoisotopic (exact) mass is 555 g/mol. The highest BCUT2D eigenvalue weighted by atomic mass is 19.4. The molecule has 0 unspecified atom stereocenters. The summed E-state index contributed by atoms with van der Waals surface area (Å²) in [5.74, 6) is -5.51. The summed E-state index contributed by atoms with van der Waals surface area (Å²) in [6, 6.07) is 7.82. The molecule has 1 saturated heterocycles. The zero-order valence-corrected chi connectivity index (χ0v) is 21.2. The van der Waals surface area contributed by atoms with Crippen molar-refractivity contribution in [3.8, 4) is 0 Å². The normalized spacial score (nSPS) is 18.0. The summed E-state index contributed by atoms with van der Waals surface area (Å²) < 4.78 is 65.4. The standard InChI is InChI=1S/C19H29N5.2C2HF3O2/c1-15(2)23(4)18-8-10-24(14-17-7-5-6-9-20-17)19(18)11-16-12-21-22(3)13-16;2*3-2(4,5)1(6)7/h5-7,9,12-13,15,18-19H,8,10-11,14H2,1-4H3;2*(H,6,7)/t18-,19+;;/m1../s1. The fourth-order valence-corrected chi connectivity index (χ4v) is 3.74. The van der Waals surface area contributed by atoms with Crippen LogP contribution in [0.25, 0.3) is 0 Å². The van der Waals surface area contributed by atoms with Gasteiger partial charge in [-0.15, -0.1) is 0 Å². The number of aromatic nitrogens is 3. The maximum atomic E-state index is 10.6. The number of carboxylic acid groups (broad SMARTS) is 2. The molecule has 2 N–H and O–H groups in total. The van der Waals surface area contributed by atoms with Gasteiger partial charge in [-0.05, 0) is 51.4 Å². The third-order valence-electron chi connectivity index (χ3n) is 5.74. The summed E-state index contributed by atoms with van der Waals surface area (Å²) in [6.45, 7) is 6.61. The van der Waals surface area contributed by atoms with E-state index >= 15 is 0 Å². The maximum absolute atomic E-state index is 10.6. The first-order chi connectivity index (χ1) is 17.4. The van der Waals surface area contributed by atoms with E-state index in [0.717, 1.165) is 25.2 Å². The van der Waals surface area contributed by atoms with Crippen molar-refractivity contribution >= 4 is 11.9 Å². The van der Waals surface area contributed by atoms with Crippen molar-refractivity contribution in [2.24, 2.45) is 7.05 Å². The van der Waals surface area contributed by atoms with E-state index in [1.54, 1.807) is 0 Å². The van der Waals surface area contributed by atoms with Crippen molar-refractivity contribution in [3.05, 3.63) is 48.0 Å². The largest absolute Gasteiger partial charge is 0.490 e. The van der Waals surface area contributed by atoms with E-state index in [1.165, 1.54) is 12.0 Å². The van der Waals surface area contributed by atoms with Crippen LogP contribution >= 0.6 is 0 Å². The van der Waals surface area contributed by atoms with Crippen LogP contribution in [0.5, 0.6) is 0 Å². The molecule has 9 nitrogen and oxygen atoms in total. The molecule has 0 aromatic carbocycles. The van der Waals surface area contributed by atoms with Gasteiger partial charge in [0.05, 0.1) is 11.9 Å². The Bertz CT molecular complexity index is 990. The lowest BCUT2D eigenvalue weighted by Crippen LogP contribution is -2.47. The van der Waals surface area contributed by atoms with Crippen LogP contribution in [0.3, 0.4) is 0 Å². The molecule has 1 aliphatic rings. The number of likely N-dealkylation sites (N-methyl/N-ethyl adjacent to an activating group) is 1. The van der Waals surface area contributed by atoms with Crippen molar-refractivity contribution < 1.29 is 46.1 Å². The van der Waals surface area contributed by atoms with E-state index in [2.05, 4.69) is 59.1 Å². The van der Waals surface area contributed by atoms with E-state index in [4.69, 9.17) is 19.8 Å². The number of hydrogen-bond acceptors (Lipinski definition) is 6. The number of pyridine rings is 1. The average Bonchev–Trinajstić information content (AvgIpc) is 3.39. The van der Waals surface area contributed by atoms with Crippen molar-refractivity contribution in [2.75, 3.05) is 13.6 Å². The third kappa shape index (κ3) is 11.0. The van der Waals surface area contributed by atoms with Gasteiger partial charge >= 0.3 is 24.3 Å². The van der Waals surface area contributed by atoms with Crippen molar-refractivity contribution in [1.82, 2.24) is 24.6 Å². The number of likely N-dealkylation sites (tertiary alicyclic amines) is 1. The lowest BCUT2D eigenvalue weighted by Gasteiger charge is -2.35. The second-order valence-corrected chi connectivity index (χ2v) is 8.81. The molecule has 214 valence electrons. The predicted octanol–water partition coefficient (Wildman–Crippen LogP) is 3.61. The Kier molecular flexibility index (Phi) is 12.2. The Morgan fingerprint density at radius 1 is 1.11 bits per heavy atom. The van der Waals surface area contributed by atoms with Gasteiger partial charge in [-0.1, -0.05) is 6.07 Å². The molecule has 1 aliphatic heterocycles. The third-order valence-corrected chi connectivity index (χ3v) is 5.74. The molecule has 0 spiro atoms. The minimum absolute atomic E-state index is 0.503. The number of carbonyl (C=O) groups is 2. The van der Waals surface area contributed by atoms with E-state index < -0.39 is 24.3 Å². The first-order valence-electron chi connectivity index (χ1n) is 11.4. The molecule has 0 saturated carbocycles. The van der Waals surface area contributed by atoms with Gasteiger partial charge in [0, 0.05) is 50.7 Å². The van der Waals surface area contributed by atoms with E-state index in [1.807, 2.05) is 30.2 Å². The van der Waals surface area contributed by atoms with Gasteiger partial charge in [0.2, 0.25) is 0 Å². The molecule has 2 aromatic rings. The summed E-state index contributed by atoms with van der Waals surface area (Å²) in [6.07, 6.45) is -1.87. The zero-order valence-electron chi connectivity index (χ0n) is 21.2. The predicted molar refractivity (Wildman–Crippen MR) is 124 cm³/mol. The number of aryl methyl sites for hydroxylation is 1. The highest BCUT2D eigenvalue weighted by Gasteiger charge is 2.39. The molecule has 2 atom stereocenters. The van der Waals surface area contributed by atoms with Gasteiger partial charge in [-0.3, -0.25) is 19.5 Å². The summed E-state index contributed by atoms with van der Waals surface area (Å²) in [4.78, 5) is 27.4. The Balaban J connectivity index is 0.000000426. The summed E-state index contributed by atoms with van der Waals surface area (Å²) in [7, 11) is 4.25. The van der Waals surface area contributed by atoms with Crippen LogP contribution in [0.4, 0.5) is 26.3 Å². The smallest absolute Gasteiger partial charge is 0.475 e. The Hall–Kier alpha value is -3.20. The number of nitrogens with zero attached hydrogens (tertiary/aromatic N) is 5. The Morgan fingerprint density at radius 2 is 1.66 bits per heavy atom. The van der Waals surface area contributed by atoms with Gasteiger partial charge in [0.15, 0.2) is 0 Å². The topological polar surface area (TPSA) is 112 Å². The SMILES string of the molecule is CC(C)N(C)[C@@H]1CCN(Cc2ccccn2)[C@H]1Cc1cnn(C)c1.O=C(O)C(F)(F)F.O=C(O)C(F)(F)F. The van der Waals surface area contributed by atoms with E-state index in [0.29, 0.717) is 18.1 Å². The van der Waals surface area contributed by atoms with E-state index in [-0.39, 0.29) is 0 Å². The summed E-state index contributed by atoms with van der Waals surface area (Å²) >= 11 is 0. The highest BCUT2D eigenvalue weighted by Crippen LogP contribution is 2.28. The van der Waals surface area contributed by atoms with Crippen molar-refractivity contribution in [3.63, 3.8) is 0 Å². The molecule has 0 radical (unpaired) electrons. The van der Waals surface area contributed by atoms with Crippen molar-refractivity contribution in [2.45, 2.75) is 63.7 Å². The van der Waals surface area contributed by atoms with Gasteiger partial charge in [0.25, 0.3) is 0 Å². The number of alkyl halides is 6. The number of aliphatic carboxylic acids is 2. The van der Waals surface area contributed by atoms with Gasteiger partial charge in [-0.2, -0.15) is 31.4 Å². The molecule has 3 heterocycles. The van der Waals surface area contributed by atoms with Crippen LogP contribution in [0.15, 0.2) is 36.8 Å². The second-order valence-electron chi connectivity index (χ2n) is 8.81. The number of carboxylic acids is 2. The fourth-order valence-electron chi connectivity index (χ4n) is 3.74. The average molecular weight is 556 g/mol. The lowest BCUT2D eigenvalue weighted by molar-refractivity contribution is -0.193. The second kappa shape index (κ2) is 14.1. The molecule has 0 bridgehead atoms. The molecule has 0 amide bonds. The molecule has 3 rings (SSSR count). The Morgan fingerprint density at radius 3 is 2.05 bits per heavy atom. The van der Waals surface area contributed by atoms with Crippen LogP contribution in [0, 0.1) is 0 Å². The molecule has 38 heavy (non-hydrogen) atoms. The van der Waals surface area contributed by atoms with Gasteiger partial charge in [-0.25, -0.2) is 9.59 Å². The highest BCUT2D eigenvalue weighted by molar-refractivity contribution is 5.73. The quantitative estimate of drug-likeness (QED) is 0.521. The number of rotatable bonds is 6. The first kappa shape index (κ1) is 32.8. The number of hydrogen-bond donors (Lipinski definition) is 2. The van der Waals surface area contributed by atoms with Crippen LogP contribution in [0.2, 0.25) is 0 Å². The van der Waals surface area contributed by atoms with Gasteiger partial charge < -0.3 is 10.2 Å². The number of halogens is 6. The van der Waals surface area contributed by atoms with Crippen LogP contribution < -0.4 is 0 Å².